The van der Waals surface area contributed by atoms with E-state index < -0.39 is 35.9 Å². The maximum atomic E-state index is 12.6. The van der Waals surface area contributed by atoms with Crippen LogP contribution in [0.5, 0.6) is 0 Å². The highest BCUT2D eigenvalue weighted by molar-refractivity contribution is 5.92. The molecule has 1 fully saturated rings. The Labute approximate surface area is 155 Å². The fraction of sp³-hybridized carbons (Fsp3) is 0.562. The highest BCUT2D eigenvalue weighted by Gasteiger charge is 2.30. The first kappa shape index (κ1) is 20.4. The van der Waals surface area contributed by atoms with E-state index in [4.69, 9.17) is 5.73 Å². The average Bonchev–Trinajstić information content (AvgIpc) is 3.30. The van der Waals surface area contributed by atoms with Gasteiger partial charge in [-0.2, -0.15) is 0 Å². The van der Waals surface area contributed by atoms with Gasteiger partial charge in [-0.15, -0.1) is 0 Å². The molecule has 3 atom stereocenters. The Morgan fingerprint density at radius 1 is 1.30 bits per heavy atom. The van der Waals surface area contributed by atoms with E-state index in [9.17, 15) is 24.3 Å². The molecule has 2 rings (SSSR count). The minimum absolute atomic E-state index is 0.00173. The number of amides is 3. The zero-order valence-electron chi connectivity index (χ0n) is 14.7. The second kappa shape index (κ2) is 9.67. The van der Waals surface area contributed by atoms with Gasteiger partial charge in [0.2, 0.25) is 17.7 Å². The number of aliphatic carboxylic acids is 1. The number of carbonyl (C=O) groups excluding carboxylic acids is 3. The van der Waals surface area contributed by atoms with E-state index in [1.807, 2.05) is 0 Å². The van der Waals surface area contributed by atoms with E-state index in [-0.39, 0.29) is 25.2 Å². The predicted molar refractivity (Wildman–Crippen MR) is 93.2 cm³/mol. The van der Waals surface area contributed by atoms with E-state index >= 15 is 0 Å². The molecule has 27 heavy (non-hydrogen) atoms. The smallest absolute Gasteiger partial charge is 0.326 e. The normalized spacial score (nSPS) is 18.4. The third kappa shape index (κ3) is 6.37. The van der Waals surface area contributed by atoms with Crippen molar-refractivity contribution < 1.29 is 24.3 Å². The van der Waals surface area contributed by atoms with Gasteiger partial charge in [0.1, 0.15) is 12.1 Å². The molecule has 11 nitrogen and oxygen atoms in total. The molecule has 0 spiro atoms. The van der Waals surface area contributed by atoms with Crippen LogP contribution < -0.4 is 21.7 Å². The van der Waals surface area contributed by atoms with Crippen LogP contribution in [0, 0.1) is 0 Å². The third-order valence-corrected chi connectivity index (χ3v) is 4.28. The molecule has 1 aromatic rings. The Kier molecular flexibility index (Phi) is 7.29. The first-order valence-electron chi connectivity index (χ1n) is 8.69. The molecular formula is C16H24N6O5. The van der Waals surface area contributed by atoms with Crippen molar-refractivity contribution in [3.8, 4) is 0 Å². The predicted octanol–water partition coefficient (Wildman–Crippen LogP) is -1.98. The van der Waals surface area contributed by atoms with Crippen LogP contribution in [0.1, 0.15) is 31.4 Å². The first-order chi connectivity index (χ1) is 12.9. The number of rotatable bonds is 10. The molecule has 0 aromatic carbocycles. The Morgan fingerprint density at radius 3 is 2.63 bits per heavy atom. The Balaban J connectivity index is 2.02. The number of nitrogens with two attached hydrogens (primary N) is 1. The molecule has 148 valence electrons. The number of aromatic nitrogens is 2. The Morgan fingerprint density at radius 2 is 2.07 bits per heavy atom. The summed E-state index contributed by atoms with van der Waals surface area (Å²) in [4.78, 5) is 53.9. The van der Waals surface area contributed by atoms with Crippen molar-refractivity contribution in [2.24, 2.45) is 5.73 Å². The number of hydrogen-bond acceptors (Lipinski definition) is 6. The van der Waals surface area contributed by atoms with Crippen molar-refractivity contribution in [1.29, 1.82) is 0 Å². The third-order valence-electron chi connectivity index (χ3n) is 4.28. The SMILES string of the molecule is NC(=O)CCC(NC(=O)C1CCCN1)C(=O)NC(Cc1cnc[nH]1)C(=O)O. The number of H-pyrrole nitrogens is 1. The zero-order chi connectivity index (χ0) is 19.8. The summed E-state index contributed by atoms with van der Waals surface area (Å²) in [5.74, 6) is -2.89. The van der Waals surface area contributed by atoms with Crippen LogP contribution in [0.25, 0.3) is 0 Å². The van der Waals surface area contributed by atoms with Crippen LogP contribution in [0.4, 0.5) is 0 Å². The summed E-state index contributed by atoms with van der Waals surface area (Å²) in [7, 11) is 0. The van der Waals surface area contributed by atoms with Crippen LogP contribution in [0.2, 0.25) is 0 Å². The van der Waals surface area contributed by atoms with E-state index in [0.29, 0.717) is 18.7 Å². The van der Waals surface area contributed by atoms with E-state index in [1.54, 1.807) is 0 Å². The first-order valence-corrected chi connectivity index (χ1v) is 8.69. The molecule has 2 heterocycles. The standard InChI is InChI=1S/C16H24N6O5/c17-13(23)4-3-11(21-14(24)10-2-1-5-19-10)15(25)22-12(16(26)27)6-9-7-18-8-20-9/h7-8,10-12,19H,1-6H2,(H2,17,23)(H,18,20)(H,21,24)(H,22,25)(H,26,27). The summed E-state index contributed by atoms with van der Waals surface area (Å²) in [5, 5.41) is 17.4. The molecule has 1 aromatic heterocycles. The lowest BCUT2D eigenvalue weighted by Crippen LogP contribution is -2.54. The molecule has 11 heteroatoms. The van der Waals surface area contributed by atoms with Crippen molar-refractivity contribution in [1.82, 2.24) is 25.9 Å². The Bertz CT molecular complexity index is 671. The molecule has 1 saturated heterocycles. The van der Waals surface area contributed by atoms with Gasteiger partial charge < -0.3 is 31.8 Å². The van der Waals surface area contributed by atoms with Crippen molar-refractivity contribution in [3.63, 3.8) is 0 Å². The quantitative estimate of drug-likeness (QED) is 0.272. The molecule has 3 amide bonds. The molecule has 0 bridgehead atoms. The number of imidazole rings is 1. The molecular weight excluding hydrogens is 356 g/mol. The maximum absolute atomic E-state index is 12.6. The Hall–Kier alpha value is -2.95. The van der Waals surface area contributed by atoms with Gasteiger partial charge in [-0.3, -0.25) is 14.4 Å². The second-order valence-electron chi connectivity index (χ2n) is 6.40. The highest BCUT2D eigenvalue weighted by Crippen LogP contribution is 2.07. The number of carboxylic acids is 1. The largest absolute Gasteiger partial charge is 0.480 e. The molecule has 1 aliphatic rings. The fourth-order valence-corrected chi connectivity index (χ4v) is 2.82. The van der Waals surface area contributed by atoms with Gasteiger partial charge in [0.25, 0.3) is 0 Å². The summed E-state index contributed by atoms with van der Waals surface area (Å²) in [6.45, 7) is 0.710. The van der Waals surface area contributed by atoms with Gasteiger partial charge in [0, 0.05) is 24.7 Å². The van der Waals surface area contributed by atoms with Crippen LogP contribution in [-0.4, -0.2) is 63.4 Å². The van der Waals surface area contributed by atoms with Gasteiger partial charge >= 0.3 is 5.97 Å². The van der Waals surface area contributed by atoms with Gasteiger partial charge in [0.05, 0.1) is 12.4 Å². The van der Waals surface area contributed by atoms with Gasteiger partial charge in [0.15, 0.2) is 0 Å². The van der Waals surface area contributed by atoms with Gasteiger partial charge in [-0.25, -0.2) is 9.78 Å². The van der Waals surface area contributed by atoms with Crippen LogP contribution >= 0.6 is 0 Å². The lowest BCUT2D eigenvalue weighted by atomic mass is 10.1. The maximum Gasteiger partial charge on any atom is 0.326 e. The number of aromatic amines is 1. The van der Waals surface area contributed by atoms with Crippen LogP contribution in [0.15, 0.2) is 12.5 Å². The van der Waals surface area contributed by atoms with Gasteiger partial charge in [-0.1, -0.05) is 0 Å². The number of nitrogens with zero attached hydrogens (tertiary/aromatic N) is 1. The minimum atomic E-state index is -1.23. The number of primary amides is 1. The number of nitrogens with one attached hydrogen (secondary N) is 4. The summed E-state index contributed by atoms with van der Waals surface area (Å²) in [6, 6.07) is -2.68. The minimum Gasteiger partial charge on any atom is -0.480 e. The lowest BCUT2D eigenvalue weighted by molar-refractivity contribution is -0.142. The molecule has 1 aliphatic heterocycles. The zero-order valence-corrected chi connectivity index (χ0v) is 14.7. The van der Waals surface area contributed by atoms with E-state index in [0.717, 1.165) is 6.42 Å². The number of hydrogen-bond donors (Lipinski definition) is 6. The number of carboxylic acid groups (broad SMARTS) is 1. The van der Waals surface area contributed by atoms with Crippen LogP contribution in [0.3, 0.4) is 0 Å². The topological polar surface area (TPSA) is 179 Å². The molecule has 7 N–H and O–H groups in total. The van der Waals surface area contributed by atoms with Crippen molar-refractivity contribution in [2.75, 3.05) is 6.54 Å². The summed E-state index contributed by atoms with van der Waals surface area (Å²) >= 11 is 0. The van der Waals surface area contributed by atoms with Gasteiger partial charge in [-0.05, 0) is 25.8 Å². The monoisotopic (exact) mass is 380 g/mol. The summed E-state index contributed by atoms with van der Waals surface area (Å²) in [6.07, 6.45) is 4.22. The summed E-state index contributed by atoms with van der Waals surface area (Å²) in [5.41, 5.74) is 5.67. The molecule has 0 radical (unpaired) electrons. The average molecular weight is 380 g/mol. The highest BCUT2D eigenvalue weighted by atomic mass is 16.4. The lowest BCUT2D eigenvalue weighted by Gasteiger charge is -2.22. The van der Waals surface area contributed by atoms with E-state index in [2.05, 4.69) is 25.9 Å². The van der Waals surface area contributed by atoms with Crippen LogP contribution in [-0.2, 0) is 25.6 Å². The second-order valence-corrected chi connectivity index (χ2v) is 6.40. The van der Waals surface area contributed by atoms with Crippen molar-refractivity contribution >= 4 is 23.7 Å². The van der Waals surface area contributed by atoms with E-state index in [1.165, 1.54) is 12.5 Å². The van der Waals surface area contributed by atoms with Crippen molar-refractivity contribution in [2.45, 2.75) is 50.2 Å². The fourth-order valence-electron chi connectivity index (χ4n) is 2.82. The molecule has 3 unspecified atom stereocenters. The molecule has 0 saturated carbocycles. The molecule has 0 aliphatic carbocycles. The van der Waals surface area contributed by atoms with Crippen molar-refractivity contribution in [3.05, 3.63) is 18.2 Å². The number of carbonyl (C=O) groups is 4. The summed E-state index contributed by atoms with van der Waals surface area (Å²) < 4.78 is 0.